The number of fused-ring (bicyclic) bond motifs is 1. The summed E-state index contributed by atoms with van der Waals surface area (Å²) in [5.74, 6) is 1.18. The maximum Gasteiger partial charge on any atom is 0.332 e. The number of hydrogen-bond donors (Lipinski definition) is 1. The van der Waals surface area contributed by atoms with Crippen LogP contribution in [0.2, 0.25) is 0 Å². The first-order valence-corrected chi connectivity index (χ1v) is 8.76. The van der Waals surface area contributed by atoms with E-state index in [1.807, 2.05) is 13.8 Å². The molecule has 2 aromatic heterocycles. The van der Waals surface area contributed by atoms with Crippen molar-refractivity contribution in [2.75, 3.05) is 0 Å². The topological polar surface area (TPSA) is 72.7 Å². The Morgan fingerprint density at radius 3 is 2.39 bits per heavy atom. The Balaban J connectivity index is 2.37. The third-order valence-corrected chi connectivity index (χ3v) is 4.79. The van der Waals surface area contributed by atoms with E-state index in [4.69, 9.17) is 12.2 Å². The predicted molar refractivity (Wildman–Crippen MR) is 92.6 cm³/mol. The fourth-order valence-corrected chi connectivity index (χ4v) is 3.35. The minimum atomic E-state index is -0.326. The quantitative estimate of drug-likeness (QED) is 0.853. The molecule has 0 amide bonds. The van der Waals surface area contributed by atoms with Crippen molar-refractivity contribution in [1.82, 2.24) is 19.1 Å². The summed E-state index contributed by atoms with van der Waals surface area (Å²) >= 11 is 5.39. The third-order valence-electron chi connectivity index (χ3n) is 4.50. The second-order valence-electron chi connectivity index (χ2n) is 6.17. The van der Waals surface area contributed by atoms with Gasteiger partial charge in [-0.25, -0.2) is 9.78 Å². The second kappa shape index (κ2) is 6.39. The molecule has 0 spiro atoms. The van der Waals surface area contributed by atoms with Crippen molar-refractivity contribution in [3.63, 3.8) is 0 Å². The zero-order valence-electron chi connectivity index (χ0n) is 13.6. The first kappa shape index (κ1) is 16.1. The lowest BCUT2D eigenvalue weighted by Gasteiger charge is -2.25. The van der Waals surface area contributed by atoms with Crippen molar-refractivity contribution in [3.05, 3.63) is 31.3 Å². The molecule has 0 aromatic carbocycles. The van der Waals surface area contributed by atoms with Crippen LogP contribution in [0.1, 0.15) is 57.7 Å². The molecule has 1 N–H and O–H groups in total. The number of H-pyrrole nitrogens is 1. The SMILES string of the molecule is CCCn1c(=O)c2c(=S)nc(C3CCC3)[nH]c2n(CCC)c1=O. The number of aromatic amines is 1. The van der Waals surface area contributed by atoms with E-state index in [0.29, 0.717) is 34.7 Å². The van der Waals surface area contributed by atoms with Crippen molar-refractivity contribution in [2.45, 2.75) is 65.0 Å². The van der Waals surface area contributed by atoms with Crippen LogP contribution in [0.5, 0.6) is 0 Å². The van der Waals surface area contributed by atoms with Crippen molar-refractivity contribution in [2.24, 2.45) is 0 Å². The van der Waals surface area contributed by atoms with E-state index in [9.17, 15) is 9.59 Å². The van der Waals surface area contributed by atoms with Crippen LogP contribution < -0.4 is 11.2 Å². The molecular weight excluding hydrogens is 312 g/mol. The van der Waals surface area contributed by atoms with E-state index in [1.165, 1.54) is 11.0 Å². The van der Waals surface area contributed by atoms with Gasteiger partial charge < -0.3 is 4.98 Å². The summed E-state index contributed by atoms with van der Waals surface area (Å²) in [4.78, 5) is 33.1. The van der Waals surface area contributed by atoms with E-state index in [0.717, 1.165) is 31.5 Å². The van der Waals surface area contributed by atoms with Gasteiger partial charge in [0.25, 0.3) is 5.56 Å². The lowest BCUT2D eigenvalue weighted by molar-refractivity contribution is 0.401. The number of nitrogens with one attached hydrogen (secondary N) is 1. The first-order valence-electron chi connectivity index (χ1n) is 8.36. The van der Waals surface area contributed by atoms with Gasteiger partial charge in [-0.2, -0.15) is 0 Å². The number of rotatable bonds is 5. The van der Waals surface area contributed by atoms with Gasteiger partial charge >= 0.3 is 5.69 Å². The average Bonchev–Trinajstić information content (AvgIpc) is 2.45. The van der Waals surface area contributed by atoms with Crippen molar-refractivity contribution < 1.29 is 0 Å². The van der Waals surface area contributed by atoms with Crippen LogP contribution in [0.4, 0.5) is 0 Å². The first-order chi connectivity index (χ1) is 11.1. The molecule has 0 atom stereocenters. The van der Waals surface area contributed by atoms with Gasteiger partial charge in [0.15, 0.2) is 0 Å². The van der Waals surface area contributed by atoms with Crippen molar-refractivity contribution >= 4 is 23.3 Å². The number of aryl methyl sites for hydroxylation is 1. The standard InChI is InChI=1S/C16H22N4O2S/c1-3-8-19-13-11(15(21)20(9-4-2)16(19)22)14(23)18-12(17-13)10-6-5-7-10/h10H,3-9H2,1-2H3,(H,17,18,23). The molecule has 124 valence electrons. The molecule has 23 heavy (non-hydrogen) atoms. The zero-order chi connectivity index (χ0) is 16.6. The van der Waals surface area contributed by atoms with Crippen LogP contribution in [0.25, 0.3) is 11.0 Å². The third kappa shape index (κ3) is 2.67. The maximum absolute atomic E-state index is 12.7. The summed E-state index contributed by atoms with van der Waals surface area (Å²) in [5.41, 5.74) is -0.0492. The lowest BCUT2D eigenvalue weighted by atomic mass is 9.85. The lowest BCUT2D eigenvalue weighted by Crippen LogP contribution is -2.40. The highest BCUT2D eigenvalue weighted by Gasteiger charge is 2.24. The summed E-state index contributed by atoms with van der Waals surface area (Å²) in [5, 5.41) is 0.365. The van der Waals surface area contributed by atoms with E-state index in [2.05, 4.69) is 9.97 Å². The normalized spacial score (nSPS) is 15.0. The van der Waals surface area contributed by atoms with Gasteiger partial charge in [0.05, 0.1) is 0 Å². The molecule has 1 aliphatic rings. The zero-order valence-corrected chi connectivity index (χ0v) is 14.4. The summed E-state index contributed by atoms with van der Waals surface area (Å²) in [6, 6.07) is 0. The molecule has 2 heterocycles. The Bertz CT molecular complexity index is 905. The Hall–Kier alpha value is -1.76. The number of aromatic nitrogens is 4. The van der Waals surface area contributed by atoms with Crippen LogP contribution in [-0.2, 0) is 13.1 Å². The molecule has 7 heteroatoms. The van der Waals surface area contributed by atoms with Crippen LogP contribution in [0, 0.1) is 4.64 Å². The van der Waals surface area contributed by atoms with Crippen LogP contribution in [-0.4, -0.2) is 19.1 Å². The summed E-state index contributed by atoms with van der Waals surface area (Å²) in [7, 11) is 0. The average molecular weight is 334 g/mol. The second-order valence-corrected chi connectivity index (χ2v) is 6.56. The Morgan fingerprint density at radius 2 is 1.83 bits per heavy atom. The fraction of sp³-hybridized carbons (Fsp3) is 0.625. The van der Waals surface area contributed by atoms with Gasteiger partial charge in [-0.1, -0.05) is 32.5 Å². The Morgan fingerprint density at radius 1 is 1.17 bits per heavy atom. The summed E-state index contributed by atoms with van der Waals surface area (Å²) < 4.78 is 3.23. The largest absolute Gasteiger partial charge is 0.332 e. The minimum absolute atomic E-state index is 0.261. The van der Waals surface area contributed by atoms with Gasteiger partial charge in [-0.05, 0) is 25.7 Å². The molecule has 1 fully saturated rings. The van der Waals surface area contributed by atoms with E-state index >= 15 is 0 Å². The van der Waals surface area contributed by atoms with Gasteiger partial charge in [-0.3, -0.25) is 13.9 Å². The molecule has 3 rings (SSSR count). The Labute approximate surface area is 139 Å². The van der Waals surface area contributed by atoms with Crippen LogP contribution in [0.3, 0.4) is 0 Å². The van der Waals surface area contributed by atoms with Crippen molar-refractivity contribution in [1.29, 1.82) is 0 Å². The summed E-state index contributed by atoms with van der Waals surface area (Å²) in [6.07, 6.45) is 4.87. The van der Waals surface area contributed by atoms with Crippen LogP contribution in [0.15, 0.2) is 9.59 Å². The molecule has 0 saturated heterocycles. The van der Waals surface area contributed by atoms with Gasteiger partial charge in [0.2, 0.25) is 0 Å². The monoisotopic (exact) mass is 334 g/mol. The van der Waals surface area contributed by atoms with Crippen molar-refractivity contribution in [3.8, 4) is 0 Å². The maximum atomic E-state index is 12.7. The predicted octanol–water partition coefficient (Wildman–Crippen LogP) is 2.70. The Kier molecular flexibility index (Phi) is 4.48. The highest BCUT2D eigenvalue weighted by atomic mass is 32.1. The minimum Gasteiger partial charge on any atom is -0.329 e. The van der Waals surface area contributed by atoms with Crippen LogP contribution >= 0.6 is 12.2 Å². The molecular formula is C16H22N4O2S. The van der Waals surface area contributed by atoms with E-state index < -0.39 is 0 Å². The smallest absolute Gasteiger partial charge is 0.329 e. The van der Waals surface area contributed by atoms with Gasteiger partial charge in [0.1, 0.15) is 21.5 Å². The van der Waals surface area contributed by atoms with Gasteiger partial charge in [0, 0.05) is 19.0 Å². The number of hydrogen-bond acceptors (Lipinski definition) is 4. The molecule has 1 aliphatic carbocycles. The highest BCUT2D eigenvalue weighted by molar-refractivity contribution is 7.71. The van der Waals surface area contributed by atoms with Gasteiger partial charge in [-0.15, -0.1) is 0 Å². The highest BCUT2D eigenvalue weighted by Crippen LogP contribution is 2.34. The molecule has 6 nitrogen and oxygen atoms in total. The molecule has 0 radical (unpaired) electrons. The molecule has 0 bridgehead atoms. The molecule has 2 aromatic rings. The number of nitrogens with zero attached hydrogens (tertiary/aromatic N) is 3. The molecule has 1 saturated carbocycles. The fourth-order valence-electron chi connectivity index (χ4n) is 3.06. The molecule has 0 aliphatic heterocycles. The molecule has 0 unspecified atom stereocenters. The summed E-state index contributed by atoms with van der Waals surface area (Å²) in [6.45, 7) is 4.91. The van der Waals surface area contributed by atoms with E-state index in [-0.39, 0.29) is 11.2 Å². The van der Waals surface area contributed by atoms with E-state index in [1.54, 1.807) is 4.57 Å².